The minimum Gasteiger partial charge on any atom is -0.340 e. The highest BCUT2D eigenvalue weighted by atomic mass is 19.1. The number of carbonyl (C=O) groups is 2. The van der Waals surface area contributed by atoms with Crippen LogP contribution in [0.3, 0.4) is 0 Å². The number of nitrogens with one attached hydrogen (secondary N) is 2. The first-order valence-electron chi connectivity index (χ1n) is 9.74. The molecule has 4 rings (SSSR count). The lowest BCUT2D eigenvalue weighted by Crippen LogP contribution is -2.27. The highest BCUT2D eigenvalue weighted by Crippen LogP contribution is 2.19. The first kappa shape index (κ1) is 20.2. The van der Waals surface area contributed by atoms with Crippen LogP contribution in [0.5, 0.6) is 0 Å². The molecule has 2 N–H and O–H groups in total. The number of benzene rings is 2. The van der Waals surface area contributed by atoms with Crippen molar-refractivity contribution in [2.45, 2.75) is 0 Å². The third-order valence-electron chi connectivity index (χ3n) is 4.86. The Morgan fingerprint density at radius 3 is 2.61 bits per heavy atom. The summed E-state index contributed by atoms with van der Waals surface area (Å²) in [6.45, 7) is 1.46. The predicted octanol–water partition coefficient (Wildman–Crippen LogP) is 2.54. The third-order valence-corrected chi connectivity index (χ3v) is 4.86. The van der Waals surface area contributed by atoms with E-state index in [1.54, 1.807) is 30.1 Å². The van der Waals surface area contributed by atoms with Gasteiger partial charge in [-0.2, -0.15) is 5.10 Å². The zero-order valence-corrected chi connectivity index (χ0v) is 16.9. The summed E-state index contributed by atoms with van der Waals surface area (Å²) < 4.78 is 14.6. The third kappa shape index (κ3) is 4.56. The van der Waals surface area contributed by atoms with Gasteiger partial charge in [0.15, 0.2) is 0 Å². The minimum atomic E-state index is -0.326. The lowest BCUT2D eigenvalue weighted by molar-refractivity contribution is 0.0949. The number of carbonyl (C=O) groups excluding carboxylic acids is 2. The Morgan fingerprint density at radius 2 is 1.94 bits per heavy atom. The van der Waals surface area contributed by atoms with Crippen LogP contribution in [0.2, 0.25) is 0 Å². The number of hydrogen-bond donors (Lipinski definition) is 2. The number of amides is 3. The monoisotopic (exact) mass is 417 g/mol. The maximum atomic E-state index is 13.1. The van der Waals surface area contributed by atoms with Gasteiger partial charge in [0, 0.05) is 37.0 Å². The lowest BCUT2D eigenvalue weighted by atomic mass is 10.1. The van der Waals surface area contributed by atoms with Gasteiger partial charge in [-0.1, -0.05) is 11.8 Å². The Hall–Kier alpha value is -4.12. The maximum absolute atomic E-state index is 13.1. The molecule has 1 saturated heterocycles. The summed E-state index contributed by atoms with van der Waals surface area (Å²) in [6, 6.07) is 14.9. The molecule has 31 heavy (non-hydrogen) atoms. The summed E-state index contributed by atoms with van der Waals surface area (Å²) in [5.74, 6) is 5.28. The van der Waals surface area contributed by atoms with Gasteiger partial charge in [0.05, 0.1) is 12.2 Å². The molecule has 0 bridgehead atoms. The molecule has 0 spiro atoms. The molecule has 1 aliphatic rings. The molecule has 0 saturated carbocycles. The summed E-state index contributed by atoms with van der Waals surface area (Å²) in [5.41, 5.74) is 3.31. The summed E-state index contributed by atoms with van der Waals surface area (Å²) in [6.07, 6.45) is 0. The van der Waals surface area contributed by atoms with Gasteiger partial charge in [-0.25, -0.2) is 9.18 Å². The highest BCUT2D eigenvalue weighted by molar-refractivity contribution is 5.94. The predicted molar refractivity (Wildman–Crippen MR) is 115 cm³/mol. The normalized spacial score (nSPS) is 12.8. The zero-order valence-electron chi connectivity index (χ0n) is 16.9. The van der Waals surface area contributed by atoms with Crippen LogP contribution in [0.1, 0.15) is 16.1 Å². The van der Waals surface area contributed by atoms with Gasteiger partial charge in [0.25, 0.3) is 5.91 Å². The molecule has 7 nitrogen and oxygen atoms in total. The molecule has 3 amide bonds. The van der Waals surface area contributed by atoms with Crippen LogP contribution in [0.25, 0.3) is 11.3 Å². The summed E-state index contributed by atoms with van der Waals surface area (Å²) in [7, 11) is 1.68. The summed E-state index contributed by atoms with van der Waals surface area (Å²) in [4.78, 5) is 25.8. The summed E-state index contributed by atoms with van der Waals surface area (Å²) in [5, 5.41) is 9.83. The molecular formula is C23H20FN5O2. The summed E-state index contributed by atoms with van der Waals surface area (Å²) >= 11 is 0. The zero-order chi connectivity index (χ0) is 21.8. The van der Waals surface area contributed by atoms with E-state index in [9.17, 15) is 14.0 Å². The van der Waals surface area contributed by atoms with E-state index in [-0.39, 0.29) is 24.3 Å². The SMILES string of the molecule is Cn1nc(-c2ccc(F)cc2)cc1C(=O)NCC#Cc1ccc(N2CCNC2=O)cc1. The first-order chi connectivity index (χ1) is 15.0. The number of rotatable bonds is 4. The Kier molecular flexibility index (Phi) is 5.67. The number of aryl methyl sites for hydroxylation is 1. The number of anilines is 1. The van der Waals surface area contributed by atoms with E-state index >= 15 is 0 Å². The average molecular weight is 417 g/mol. The fourth-order valence-electron chi connectivity index (χ4n) is 3.25. The first-order valence-corrected chi connectivity index (χ1v) is 9.74. The lowest BCUT2D eigenvalue weighted by Gasteiger charge is -2.13. The van der Waals surface area contributed by atoms with Crippen LogP contribution in [0, 0.1) is 17.7 Å². The number of nitrogens with zero attached hydrogens (tertiary/aromatic N) is 3. The Morgan fingerprint density at radius 1 is 1.19 bits per heavy atom. The largest absolute Gasteiger partial charge is 0.340 e. The fourth-order valence-corrected chi connectivity index (χ4v) is 3.25. The van der Waals surface area contributed by atoms with E-state index in [4.69, 9.17) is 0 Å². The fraction of sp³-hybridized carbons (Fsp3) is 0.174. The Labute approximate surface area is 178 Å². The molecule has 1 fully saturated rings. The topological polar surface area (TPSA) is 79.3 Å². The molecule has 0 atom stereocenters. The molecule has 1 aliphatic heterocycles. The molecule has 2 heterocycles. The second-order valence-electron chi connectivity index (χ2n) is 6.96. The van der Waals surface area contributed by atoms with Crippen molar-refractivity contribution in [1.29, 1.82) is 0 Å². The highest BCUT2D eigenvalue weighted by Gasteiger charge is 2.20. The van der Waals surface area contributed by atoms with Gasteiger partial charge in [0.1, 0.15) is 11.5 Å². The Bertz CT molecular complexity index is 1170. The number of aromatic nitrogens is 2. The second-order valence-corrected chi connectivity index (χ2v) is 6.96. The van der Waals surface area contributed by atoms with Crippen molar-refractivity contribution < 1.29 is 14.0 Å². The van der Waals surface area contributed by atoms with Crippen LogP contribution >= 0.6 is 0 Å². The van der Waals surface area contributed by atoms with Gasteiger partial charge in [-0.05, 0) is 54.6 Å². The maximum Gasteiger partial charge on any atom is 0.321 e. The Balaban J connectivity index is 1.35. The minimum absolute atomic E-state index is 0.0979. The van der Waals surface area contributed by atoms with Crippen molar-refractivity contribution in [2.24, 2.45) is 7.05 Å². The van der Waals surface area contributed by atoms with E-state index in [1.165, 1.54) is 16.8 Å². The molecule has 0 unspecified atom stereocenters. The van der Waals surface area contributed by atoms with Gasteiger partial charge in [0.2, 0.25) is 0 Å². The van der Waals surface area contributed by atoms with E-state index in [0.717, 1.165) is 16.8 Å². The van der Waals surface area contributed by atoms with Gasteiger partial charge in [-0.3, -0.25) is 14.4 Å². The quantitative estimate of drug-likeness (QED) is 0.641. The second kappa shape index (κ2) is 8.71. The van der Waals surface area contributed by atoms with E-state index in [2.05, 4.69) is 27.6 Å². The van der Waals surface area contributed by atoms with E-state index in [1.807, 2.05) is 24.3 Å². The molecule has 1 aromatic heterocycles. The molecule has 2 aromatic carbocycles. The standard InChI is InChI=1S/C23H20FN5O2/c1-28-21(15-20(27-28)17-6-8-18(24)9-7-17)22(30)25-12-2-3-16-4-10-19(11-5-16)29-14-13-26-23(29)31/h4-11,15H,12-14H2,1H3,(H,25,30)(H,26,31). The number of hydrogen-bond acceptors (Lipinski definition) is 3. The molecule has 0 radical (unpaired) electrons. The van der Waals surface area contributed by atoms with Crippen LogP contribution in [0.15, 0.2) is 54.6 Å². The number of urea groups is 1. The van der Waals surface area contributed by atoms with Crippen molar-refractivity contribution >= 4 is 17.6 Å². The molecule has 3 aromatic rings. The van der Waals surface area contributed by atoms with Crippen molar-refractivity contribution in [3.63, 3.8) is 0 Å². The molecule has 0 aliphatic carbocycles. The smallest absolute Gasteiger partial charge is 0.321 e. The van der Waals surface area contributed by atoms with Crippen molar-refractivity contribution in [3.8, 4) is 23.1 Å². The van der Waals surface area contributed by atoms with Crippen LogP contribution < -0.4 is 15.5 Å². The molecule has 8 heteroatoms. The van der Waals surface area contributed by atoms with Crippen LogP contribution in [-0.4, -0.2) is 41.4 Å². The molecular weight excluding hydrogens is 397 g/mol. The van der Waals surface area contributed by atoms with Gasteiger partial charge >= 0.3 is 6.03 Å². The van der Waals surface area contributed by atoms with Crippen LogP contribution in [0.4, 0.5) is 14.9 Å². The van der Waals surface area contributed by atoms with Crippen LogP contribution in [-0.2, 0) is 7.05 Å². The van der Waals surface area contributed by atoms with Crippen molar-refractivity contribution in [2.75, 3.05) is 24.5 Å². The van der Waals surface area contributed by atoms with Gasteiger partial charge in [-0.15, -0.1) is 0 Å². The average Bonchev–Trinajstić information content (AvgIpc) is 3.37. The van der Waals surface area contributed by atoms with Gasteiger partial charge < -0.3 is 10.6 Å². The molecule has 156 valence electrons. The van der Waals surface area contributed by atoms with E-state index in [0.29, 0.717) is 24.5 Å². The van der Waals surface area contributed by atoms with Crippen molar-refractivity contribution in [3.05, 3.63) is 71.7 Å². The van der Waals surface area contributed by atoms with E-state index < -0.39 is 0 Å². The van der Waals surface area contributed by atoms with Crippen molar-refractivity contribution in [1.82, 2.24) is 20.4 Å². The number of halogens is 1.